The maximum Gasteiger partial charge on any atom is 0.357 e. The van der Waals surface area contributed by atoms with Crippen LogP contribution in [0.2, 0.25) is 5.02 Å². The van der Waals surface area contributed by atoms with Gasteiger partial charge in [-0.3, -0.25) is 4.79 Å². The molecule has 0 atom stereocenters. The van der Waals surface area contributed by atoms with E-state index in [4.69, 9.17) is 16.3 Å². The summed E-state index contributed by atoms with van der Waals surface area (Å²) in [6, 6.07) is 12.8. The third-order valence-electron chi connectivity index (χ3n) is 4.20. The number of nitrogens with zero attached hydrogens (tertiary/aromatic N) is 4. The predicted molar refractivity (Wildman–Crippen MR) is 114 cm³/mol. The Hall–Kier alpha value is -3.52. The monoisotopic (exact) mass is 425 g/mol. The van der Waals surface area contributed by atoms with Crippen molar-refractivity contribution >= 4 is 40.9 Å². The minimum Gasteiger partial charge on any atom is -0.451 e. The van der Waals surface area contributed by atoms with Gasteiger partial charge in [0.25, 0.3) is 5.91 Å². The molecule has 154 valence electrons. The second kappa shape index (κ2) is 9.32. The van der Waals surface area contributed by atoms with E-state index in [2.05, 4.69) is 20.8 Å². The van der Waals surface area contributed by atoms with E-state index in [1.807, 2.05) is 50.2 Å². The summed E-state index contributed by atoms with van der Waals surface area (Å²) in [5.74, 6) is -0.846. The van der Waals surface area contributed by atoms with Gasteiger partial charge in [0, 0.05) is 0 Å². The van der Waals surface area contributed by atoms with Crippen LogP contribution in [0.5, 0.6) is 0 Å². The number of amides is 1. The first-order valence-electron chi connectivity index (χ1n) is 9.11. The molecule has 0 spiro atoms. The molecule has 0 saturated heterocycles. The van der Waals surface area contributed by atoms with E-state index < -0.39 is 18.5 Å². The highest BCUT2D eigenvalue weighted by Gasteiger charge is 2.19. The van der Waals surface area contributed by atoms with Crippen LogP contribution >= 0.6 is 11.6 Å². The molecule has 3 aromatic rings. The number of benzene rings is 2. The van der Waals surface area contributed by atoms with Gasteiger partial charge in [0.15, 0.2) is 18.1 Å². The van der Waals surface area contributed by atoms with Gasteiger partial charge >= 0.3 is 5.97 Å². The molecule has 0 aliphatic carbocycles. The lowest BCUT2D eigenvalue weighted by Gasteiger charge is -2.12. The molecule has 3 rings (SSSR count). The van der Waals surface area contributed by atoms with Crippen molar-refractivity contribution in [3.05, 3.63) is 70.0 Å². The Morgan fingerprint density at radius 3 is 2.53 bits per heavy atom. The predicted octanol–water partition coefficient (Wildman–Crippen LogP) is 3.43. The number of aromatic nitrogens is 4. The Morgan fingerprint density at radius 1 is 1.17 bits per heavy atom. The summed E-state index contributed by atoms with van der Waals surface area (Å²) in [5.41, 5.74) is 3.12. The number of halogens is 1. The molecule has 8 nitrogen and oxygen atoms in total. The van der Waals surface area contributed by atoms with Gasteiger partial charge < -0.3 is 10.1 Å². The fourth-order valence-corrected chi connectivity index (χ4v) is 3.19. The van der Waals surface area contributed by atoms with Crippen LogP contribution in [-0.4, -0.2) is 38.7 Å². The summed E-state index contributed by atoms with van der Waals surface area (Å²) in [5, 5.41) is 14.3. The minimum absolute atomic E-state index is 0.0843. The lowest BCUT2D eigenvalue weighted by atomic mass is 10.1. The highest BCUT2D eigenvalue weighted by Crippen LogP contribution is 2.27. The van der Waals surface area contributed by atoms with Crippen LogP contribution < -0.4 is 5.32 Å². The zero-order chi connectivity index (χ0) is 21.7. The average Bonchev–Trinajstić information content (AvgIpc) is 3.13. The third kappa shape index (κ3) is 5.09. The number of hydrogen-bond acceptors (Lipinski definition) is 6. The van der Waals surface area contributed by atoms with Gasteiger partial charge in [0.2, 0.25) is 0 Å². The number of esters is 1. The summed E-state index contributed by atoms with van der Waals surface area (Å²) >= 11 is 6.21. The first-order valence-corrected chi connectivity index (χ1v) is 9.49. The van der Waals surface area contributed by atoms with Crippen LogP contribution in [0.4, 0.5) is 5.69 Å². The van der Waals surface area contributed by atoms with Crippen molar-refractivity contribution in [2.24, 2.45) is 0 Å². The average molecular weight is 426 g/mol. The molecule has 1 amide bonds. The summed E-state index contributed by atoms with van der Waals surface area (Å²) in [7, 11) is 0. The topological polar surface area (TPSA) is 99.0 Å². The Kier molecular flexibility index (Phi) is 6.58. The van der Waals surface area contributed by atoms with Gasteiger partial charge in [-0.2, -0.15) is 4.68 Å². The molecule has 1 N–H and O–H groups in total. The second-order valence-corrected chi connectivity index (χ2v) is 7.05. The van der Waals surface area contributed by atoms with Gasteiger partial charge in [0.1, 0.15) is 0 Å². The van der Waals surface area contributed by atoms with Crippen LogP contribution in [0.3, 0.4) is 0 Å². The lowest BCUT2D eigenvalue weighted by molar-refractivity contribution is -0.141. The number of ether oxygens (including phenoxy) is 1. The van der Waals surface area contributed by atoms with Gasteiger partial charge in [-0.05, 0) is 60.0 Å². The first-order chi connectivity index (χ1) is 14.3. The molecular formula is C21H20ClN5O3. The molecule has 0 radical (unpaired) electrons. The van der Waals surface area contributed by atoms with Gasteiger partial charge in [-0.15, -0.1) is 5.10 Å². The van der Waals surface area contributed by atoms with E-state index in [0.717, 1.165) is 16.7 Å². The van der Waals surface area contributed by atoms with Gasteiger partial charge in [-0.1, -0.05) is 48.0 Å². The van der Waals surface area contributed by atoms with Crippen LogP contribution in [0.1, 0.15) is 22.5 Å². The zero-order valence-electron chi connectivity index (χ0n) is 16.7. The molecule has 0 fully saturated rings. The fourth-order valence-electron chi connectivity index (χ4n) is 2.82. The summed E-state index contributed by atoms with van der Waals surface area (Å²) < 4.78 is 6.47. The highest BCUT2D eigenvalue weighted by molar-refractivity contribution is 6.34. The Morgan fingerprint density at radius 2 is 1.90 bits per heavy atom. The molecule has 0 saturated carbocycles. The number of tetrazole rings is 1. The Balaban J connectivity index is 1.75. The summed E-state index contributed by atoms with van der Waals surface area (Å²) in [6.07, 6.45) is 1.59. The van der Waals surface area contributed by atoms with E-state index in [1.165, 1.54) is 4.68 Å². The van der Waals surface area contributed by atoms with Crippen LogP contribution in [-0.2, 0) is 14.3 Å². The van der Waals surface area contributed by atoms with Crippen LogP contribution in [0.25, 0.3) is 11.8 Å². The number of nitrogens with one attached hydrogen (secondary N) is 1. The molecule has 0 aliphatic rings. The summed E-state index contributed by atoms with van der Waals surface area (Å²) in [6.45, 7) is 4.91. The SMILES string of the molecule is Cc1cc(C)c(NC(=O)COC(=O)/C(=C/c2ccccc2)n2nnnc2C)c(Cl)c1. The molecule has 9 heteroatoms. The Labute approximate surface area is 178 Å². The molecule has 0 unspecified atom stereocenters. The molecule has 30 heavy (non-hydrogen) atoms. The van der Waals surface area contributed by atoms with E-state index in [0.29, 0.717) is 16.5 Å². The van der Waals surface area contributed by atoms with Crippen molar-refractivity contribution in [2.45, 2.75) is 20.8 Å². The van der Waals surface area contributed by atoms with Gasteiger partial charge in [-0.25, -0.2) is 4.79 Å². The van der Waals surface area contributed by atoms with Crippen LogP contribution in [0, 0.1) is 20.8 Å². The van der Waals surface area contributed by atoms with Crippen molar-refractivity contribution < 1.29 is 14.3 Å². The van der Waals surface area contributed by atoms with Crippen molar-refractivity contribution in [3.8, 4) is 0 Å². The van der Waals surface area contributed by atoms with Gasteiger partial charge in [0.05, 0.1) is 10.7 Å². The maximum atomic E-state index is 12.7. The number of anilines is 1. The Bertz CT molecular complexity index is 1090. The maximum absolute atomic E-state index is 12.7. The molecule has 1 aromatic heterocycles. The first kappa shape index (κ1) is 21.2. The third-order valence-corrected chi connectivity index (χ3v) is 4.49. The molecule has 0 aliphatic heterocycles. The van der Waals surface area contributed by atoms with Crippen molar-refractivity contribution in [3.63, 3.8) is 0 Å². The number of carbonyl (C=O) groups is 2. The molecular weight excluding hydrogens is 406 g/mol. The summed E-state index contributed by atoms with van der Waals surface area (Å²) in [4.78, 5) is 25.0. The van der Waals surface area contributed by atoms with E-state index in [1.54, 1.807) is 19.1 Å². The highest BCUT2D eigenvalue weighted by atomic mass is 35.5. The molecule has 2 aromatic carbocycles. The largest absolute Gasteiger partial charge is 0.451 e. The van der Waals surface area contributed by atoms with Crippen molar-refractivity contribution in [2.75, 3.05) is 11.9 Å². The van der Waals surface area contributed by atoms with Crippen molar-refractivity contribution in [1.82, 2.24) is 20.2 Å². The smallest absolute Gasteiger partial charge is 0.357 e. The molecule has 1 heterocycles. The van der Waals surface area contributed by atoms with Crippen LogP contribution in [0.15, 0.2) is 42.5 Å². The number of carbonyl (C=O) groups excluding carboxylic acids is 2. The second-order valence-electron chi connectivity index (χ2n) is 6.64. The van der Waals surface area contributed by atoms with E-state index >= 15 is 0 Å². The standard InChI is InChI=1S/C21H20ClN5O3/c1-13-9-14(2)20(17(22)10-13)23-19(28)12-30-21(29)18(27-15(3)24-25-26-27)11-16-7-5-4-6-8-16/h4-11H,12H2,1-3H3,(H,23,28)/b18-11-. The minimum atomic E-state index is -0.740. The quantitative estimate of drug-likeness (QED) is 0.479. The van der Waals surface area contributed by atoms with E-state index in [-0.39, 0.29) is 5.70 Å². The lowest BCUT2D eigenvalue weighted by Crippen LogP contribution is -2.23. The number of aryl methyl sites for hydroxylation is 3. The van der Waals surface area contributed by atoms with E-state index in [9.17, 15) is 9.59 Å². The fraction of sp³-hybridized carbons (Fsp3) is 0.190. The normalized spacial score (nSPS) is 11.3. The number of hydrogen-bond donors (Lipinski definition) is 1. The van der Waals surface area contributed by atoms with Crippen molar-refractivity contribution in [1.29, 1.82) is 0 Å². The number of rotatable bonds is 6. The molecule has 0 bridgehead atoms. The zero-order valence-corrected chi connectivity index (χ0v) is 17.5.